The molecule has 2 amide bonds. The fourth-order valence-corrected chi connectivity index (χ4v) is 1.37. The van der Waals surface area contributed by atoms with E-state index in [2.05, 4.69) is 10.6 Å². The molecule has 6 heteroatoms. The van der Waals surface area contributed by atoms with Crippen molar-refractivity contribution >= 4 is 12.0 Å². The number of urea groups is 1. The van der Waals surface area contributed by atoms with Gasteiger partial charge in [-0.3, -0.25) is 0 Å². The molecular formula is C9H16N2O4. The zero-order chi connectivity index (χ0) is 11.3. The van der Waals surface area contributed by atoms with Gasteiger partial charge in [0.05, 0.1) is 12.6 Å². The second-order valence-electron chi connectivity index (χ2n) is 3.48. The number of carbonyl (C=O) groups is 2. The number of carboxylic acid groups (broad SMARTS) is 1. The molecule has 0 aromatic rings. The Hall–Kier alpha value is -1.30. The summed E-state index contributed by atoms with van der Waals surface area (Å²) in [6.07, 6.45) is 1.14. The Morgan fingerprint density at radius 1 is 1.60 bits per heavy atom. The number of hydrogen-bond acceptors (Lipinski definition) is 3. The molecule has 1 fully saturated rings. The molecule has 0 spiro atoms. The standard InChI is InChI=1S/C9H16N2O4/c1-2-7(8(12)13)11-9(14)10-6-3-4-15-5-6/h6-7H,2-5H2,1H3,(H,12,13)(H2,10,11,14)/t6?,7-/m0/s1. The third kappa shape index (κ3) is 3.75. The van der Waals surface area contributed by atoms with Crippen LogP contribution in [-0.2, 0) is 9.53 Å². The SMILES string of the molecule is CC[C@H](NC(=O)NC1CCOC1)C(=O)O. The van der Waals surface area contributed by atoms with Gasteiger partial charge in [-0.25, -0.2) is 9.59 Å². The van der Waals surface area contributed by atoms with Gasteiger partial charge in [0.2, 0.25) is 0 Å². The number of hydrogen-bond donors (Lipinski definition) is 3. The van der Waals surface area contributed by atoms with E-state index in [1.807, 2.05) is 0 Å². The van der Waals surface area contributed by atoms with Gasteiger partial charge in [-0.05, 0) is 12.8 Å². The van der Waals surface area contributed by atoms with E-state index in [1.165, 1.54) is 0 Å². The van der Waals surface area contributed by atoms with Crippen molar-refractivity contribution in [2.45, 2.75) is 31.8 Å². The minimum absolute atomic E-state index is 0.00342. The van der Waals surface area contributed by atoms with E-state index in [9.17, 15) is 9.59 Å². The Bertz CT molecular complexity index is 238. The molecule has 86 valence electrons. The van der Waals surface area contributed by atoms with Gasteiger partial charge in [-0.1, -0.05) is 6.92 Å². The normalized spacial score (nSPS) is 22.1. The van der Waals surface area contributed by atoms with Crippen molar-refractivity contribution < 1.29 is 19.4 Å². The molecule has 0 aromatic heterocycles. The van der Waals surface area contributed by atoms with E-state index in [-0.39, 0.29) is 6.04 Å². The number of rotatable bonds is 4. The van der Waals surface area contributed by atoms with Crippen molar-refractivity contribution in [1.29, 1.82) is 0 Å². The van der Waals surface area contributed by atoms with Crippen molar-refractivity contribution in [3.05, 3.63) is 0 Å². The minimum atomic E-state index is -1.02. The van der Waals surface area contributed by atoms with Gasteiger partial charge in [-0.2, -0.15) is 0 Å². The maximum atomic E-state index is 11.3. The fraction of sp³-hybridized carbons (Fsp3) is 0.778. The number of nitrogens with one attached hydrogen (secondary N) is 2. The van der Waals surface area contributed by atoms with E-state index in [0.717, 1.165) is 6.42 Å². The van der Waals surface area contributed by atoms with Gasteiger partial charge >= 0.3 is 12.0 Å². The third-order valence-electron chi connectivity index (χ3n) is 2.28. The summed E-state index contributed by atoms with van der Waals surface area (Å²) in [4.78, 5) is 22.0. The lowest BCUT2D eigenvalue weighted by molar-refractivity contribution is -0.139. The summed E-state index contributed by atoms with van der Waals surface area (Å²) in [5.41, 5.74) is 0. The molecule has 6 nitrogen and oxygen atoms in total. The molecule has 1 aliphatic rings. The number of aliphatic carboxylic acids is 1. The molecule has 2 atom stereocenters. The molecule has 3 N–H and O–H groups in total. The van der Waals surface area contributed by atoms with Gasteiger partial charge in [0.15, 0.2) is 0 Å². The minimum Gasteiger partial charge on any atom is -0.480 e. The highest BCUT2D eigenvalue weighted by atomic mass is 16.5. The van der Waals surface area contributed by atoms with E-state index in [0.29, 0.717) is 19.6 Å². The summed E-state index contributed by atoms with van der Waals surface area (Å²) in [6, 6.07) is -1.27. The first-order chi connectivity index (χ1) is 7.13. The van der Waals surface area contributed by atoms with E-state index in [4.69, 9.17) is 9.84 Å². The second kappa shape index (κ2) is 5.55. The number of amides is 2. The Balaban J connectivity index is 2.30. The molecule has 15 heavy (non-hydrogen) atoms. The highest BCUT2D eigenvalue weighted by molar-refractivity contribution is 5.82. The van der Waals surface area contributed by atoms with Crippen LogP contribution in [0, 0.1) is 0 Å². The molecule has 1 saturated heterocycles. The Labute approximate surface area is 88.0 Å². The van der Waals surface area contributed by atoms with Crippen molar-refractivity contribution in [2.75, 3.05) is 13.2 Å². The van der Waals surface area contributed by atoms with Crippen LogP contribution >= 0.6 is 0 Å². The van der Waals surface area contributed by atoms with Gasteiger partial charge in [-0.15, -0.1) is 0 Å². The van der Waals surface area contributed by atoms with Crippen molar-refractivity contribution in [1.82, 2.24) is 10.6 Å². The van der Waals surface area contributed by atoms with Crippen LogP contribution in [0.1, 0.15) is 19.8 Å². The highest BCUT2D eigenvalue weighted by Gasteiger charge is 2.21. The predicted molar refractivity (Wildman–Crippen MR) is 52.6 cm³/mol. The van der Waals surface area contributed by atoms with Crippen molar-refractivity contribution in [2.24, 2.45) is 0 Å². The average Bonchev–Trinajstić information content (AvgIpc) is 2.66. The molecule has 1 aliphatic heterocycles. The van der Waals surface area contributed by atoms with Crippen LogP contribution in [0.15, 0.2) is 0 Å². The smallest absolute Gasteiger partial charge is 0.326 e. The summed E-state index contributed by atoms with van der Waals surface area (Å²) in [5, 5.41) is 13.8. The largest absolute Gasteiger partial charge is 0.480 e. The molecule has 0 aromatic carbocycles. The van der Waals surface area contributed by atoms with Crippen LogP contribution in [0.2, 0.25) is 0 Å². The van der Waals surface area contributed by atoms with Crippen LogP contribution in [0.3, 0.4) is 0 Å². The van der Waals surface area contributed by atoms with E-state index in [1.54, 1.807) is 6.92 Å². The summed E-state index contributed by atoms with van der Waals surface area (Å²) in [5.74, 6) is -1.02. The quantitative estimate of drug-likeness (QED) is 0.614. The zero-order valence-corrected chi connectivity index (χ0v) is 8.66. The first-order valence-corrected chi connectivity index (χ1v) is 5.01. The fourth-order valence-electron chi connectivity index (χ4n) is 1.37. The topological polar surface area (TPSA) is 87.7 Å². The number of ether oxygens (including phenoxy) is 1. The average molecular weight is 216 g/mol. The molecule has 1 rings (SSSR count). The second-order valence-corrected chi connectivity index (χ2v) is 3.48. The molecule has 0 bridgehead atoms. The van der Waals surface area contributed by atoms with Crippen LogP contribution in [0.5, 0.6) is 0 Å². The lowest BCUT2D eigenvalue weighted by Gasteiger charge is -2.15. The maximum Gasteiger partial charge on any atom is 0.326 e. The predicted octanol–water partition coefficient (Wildman–Crippen LogP) is -0.0623. The molecule has 1 heterocycles. The molecule has 0 aliphatic carbocycles. The van der Waals surface area contributed by atoms with Gasteiger partial charge in [0.25, 0.3) is 0 Å². The number of carbonyl (C=O) groups excluding carboxylic acids is 1. The molecule has 0 radical (unpaired) electrons. The Morgan fingerprint density at radius 2 is 2.33 bits per heavy atom. The van der Waals surface area contributed by atoms with E-state index < -0.39 is 18.0 Å². The van der Waals surface area contributed by atoms with Crippen molar-refractivity contribution in [3.8, 4) is 0 Å². The van der Waals surface area contributed by atoms with Gasteiger partial charge < -0.3 is 20.5 Å². The maximum absolute atomic E-state index is 11.3. The van der Waals surface area contributed by atoms with E-state index >= 15 is 0 Å². The monoisotopic (exact) mass is 216 g/mol. The summed E-state index contributed by atoms with van der Waals surface area (Å²) in [6.45, 7) is 2.84. The molecule has 0 saturated carbocycles. The van der Waals surface area contributed by atoms with Crippen LogP contribution < -0.4 is 10.6 Å². The lowest BCUT2D eigenvalue weighted by Crippen LogP contribution is -2.48. The summed E-state index contributed by atoms with van der Waals surface area (Å²) in [7, 11) is 0. The summed E-state index contributed by atoms with van der Waals surface area (Å²) >= 11 is 0. The third-order valence-corrected chi connectivity index (χ3v) is 2.28. The lowest BCUT2D eigenvalue weighted by atomic mass is 10.2. The van der Waals surface area contributed by atoms with Crippen LogP contribution in [0.25, 0.3) is 0 Å². The summed E-state index contributed by atoms with van der Waals surface area (Å²) < 4.78 is 5.08. The zero-order valence-electron chi connectivity index (χ0n) is 8.66. The van der Waals surface area contributed by atoms with Gasteiger partial charge in [0.1, 0.15) is 6.04 Å². The highest BCUT2D eigenvalue weighted by Crippen LogP contribution is 2.02. The molecular weight excluding hydrogens is 200 g/mol. The van der Waals surface area contributed by atoms with Crippen molar-refractivity contribution in [3.63, 3.8) is 0 Å². The van der Waals surface area contributed by atoms with Crippen LogP contribution in [-0.4, -0.2) is 42.4 Å². The number of carboxylic acids is 1. The van der Waals surface area contributed by atoms with Crippen LogP contribution in [0.4, 0.5) is 4.79 Å². The first kappa shape index (κ1) is 11.8. The van der Waals surface area contributed by atoms with Gasteiger partial charge in [0, 0.05) is 6.61 Å². The Morgan fingerprint density at radius 3 is 2.80 bits per heavy atom. The molecule has 1 unspecified atom stereocenters. The first-order valence-electron chi connectivity index (χ1n) is 5.01. The Kier molecular flexibility index (Phi) is 4.36.